The van der Waals surface area contributed by atoms with Crippen LogP contribution in [0.1, 0.15) is 5.56 Å². The van der Waals surface area contributed by atoms with Gasteiger partial charge in [0.25, 0.3) is 0 Å². The number of hydrogen-bond donors (Lipinski definition) is 0. The van der Waals surface area contributed by atoms with Crippen LogP contribution in [-0.2, 0) is 4.43 Å². The summed E-state index contributed by atoms with van der Waals surface area (Å²) in [4.78, 5) is 2.39. The molecule has 10 heavy (non-hydrogen) atoms. The normalized spacial score (nSPS) is 11.2. The Morgan fingerprint density at radius 2 is 1.90 bits per heavy atom. The van der Waals surface area contributed by atoms with E-state index in [1.807, 2.05) is 0 Å². The first-order valence-corrected chi connectivity index (χ1v) is 13.0. The number of rotatable bonds is 2. The van der Waals surface area contributed by atoms with E-state index in [0.29, 0.717) is 0 Å². The molecule has 0 aliphatic rings. The van der Waals surface area contributed by atoms with Gasteiger partial charge in [-0.1, -0.05) is 0 Å². The van der Waals surface area contributed by atoms with Gasteiger partial charge in [0, 0.05) is 0 Å². The second kappa shape index (κ2) is 4.54. The van der Waals surface area contributed by atoms with Crippen molar-refractivity contribution in [2.45, 2.75) is 4.43 Å². The number of hydrogen-bond acceptors (Lipinski definition) is 0. The summed E-state index contributed by atoms with van der Waals surface area (Å²) >= 11 is 2.03. The van der Waals surface area contributed by atoms with Gasteiger partial charge in [0.2, 0.25) is 0 Å². The summed E-state index contributed by atoms with van der Waals surface area (Å²) in [5.74, 6) is 0. The third-order valence-corrected chi connectivity index (χ3v) is 5.05. The van der Waals surface area contributed by atoms with Crippen molar-refractivity contribution >= 4 is 34.5 Å². The fraction of sp³-hybridized carbons (Fsp3) is 0.250. The van der Waals surface area contributed by atoms with E-state index in [4.69, 9.17) is 0 Å². The van der Waals surface area contributed by atoms with E-state index in [1.165, 1.54) is 9.99 Å². The molecule has 0 saturated heterocycles. The molecule has 0 amide bonds. The second-order valence-electron chi connectivity index (χ2n) is 2.13. The summed E-state index contributed by atoms with van der Waals surface area (Å²) in [6, 6.07) is 10.7. The Morgan fingerprint density at radius 1 is 1.30 bits per heavy atom. The molecule has 1 aromatic carbocycles. The minimum atomic E-state index is -0.576. The zero-order valence-electron chi connectivity index (χ0n) is 5.85. The summed E-state index contributed by atoms with van der Waals surface area (Å²) in [7, 11) is 0. The molecular weight excluding hydrogens is 350 g/mol. The first-order chi connectivity index (χ1) is 4.79. The van der Waals surface area contributed by atoms with Crippen LogP contribution in [0.25, 0.3) is 0 Å². The summed E-state index contributed by atoms with van der Waals surface area (Å²) in [6.45, 7) is 0. The molecule has 0 spiro atoms. The molecule has 0 nitrogen and oxygen atoms in total. The summed E-state index contributed by atoms with van der Waals surface area (Å²) in [6.07, 6.45) is 0. The molecular formula is C8H10I2. The molecule has 1 rings (SSSR count). The predicted molar refractivity (Wildman–Crippen MR) is 64.1 cm³/mol. The third kappa shape index (κ3) is 3.18. The third-order valence-electron chi connectivity index (χ3n) is 1.18. The van der Waals surface area contributed by atoms with E-state index in [1.54, 1.807) is 0 Å². The van der Waals surface area contributed by atoms with Crippen LogP contribution in [0.5, 0.6) is 0 Å². The van der Waals surface area contributed by atoms with Gasteiger partial charge in [-0.3, -0.25) is 0 Å². The van der Waals surface area contributed by atoms with Gasteiger partial charge in [0.15, 0.2) is 0 Å². The van der Waals surface area contributed by atoms with Gasteiger partial charge >= 0.3 is 79.7 Å². The average Bonchev–Trinajstić information content (AvgIpc) is 1.88. The maximum absolute atomic E-state index is 2.60. The Balaban J connectivity index is 2.59. The van der Waals surface area contributed by atoms with Crippen LogP contribution in [-0.4, -0.2) is 4.93 Å². The molecule has 56 valence electrons. The van der Waals surface area contributed by atoms with Crippen LogP contribution < -0.4 is 0 Å². The van der Waals surface area contributed by atoms with Crippen molar-refractivity contribution in [1.82, 2.24) is 0 Å². The van der Waals surface area contributed by atoms with Crippen molar-refractivity contribution < 1.29 is 0 Å². The molecule has 0 fully saturated rings. The summed E-state index contributed by atoms with van der Waals surface area (Å²) in [5.41, 5.74) is 1.50. The SMILES string of the molecule is CI(I)Cc1ccccc1. The summed E-state index contributed by atoms with van der Waals surface area (Å²) < 4.78 is 1.34. The van der Waals surface area contributed by atoms with Gasteiger partial charge in [0.1, 0.15) is 0 Å². The van der Waals surface area contributed by atoms with Crippen LogP contribution in [0.3, 0.4) is 0 Å². The van der Waals surface area contributed by atoms with E-state index in [9.17, 15) is 0 Å². The van der Waals surface area contributed by atoms with Gasteiger partial charge in [0.05, 0.1) is 0 Å². The molecule has 0 aliphatic carbocycles. The van der Waals surface area contributed by atoms with E-state index < -0.39 is 15.8 Å². The van der Waals surface area contributed by atoms with Crippen molar-refractivity contribution in [2.75, 3.05) is 4.93 Å². The number of alkyl halides is 2. The van der Waals surface area contributed by atoms with Crippen molar-refractivity contribution in [2.24, 2.45) is 0 Å². The molecule has 0 saturated carbocycles. The van der Waals surface area contributed by atoms with Gasteiger partial charge in [-0.2, -0.15) is 0 Å². The molecule has 0 bridgehead atoms. The second-order valence-corrected chi connectivity index (χ2v) is 15.1. The van der Waals surface area contributed by atoms with Gasteiger partial charge in [-0.05, 0) is 0 Å². The van der Waals surface area contributed by atoms with Gasteiger partial charge < -0.3 is 0 Å². The van der Waals surface area contributed by atoms with Gasteiger partial charge in [-0.25, -0.2) is 0 Å². The molecule has 0 aromatic heterocycles. The monoisotopic (exact) mass is 360 g/mol. The van der Waals surface area contributed by atoms with E-state index in [2.05, 4.69) is 53.9 Å². The quantitative estimate of drug-likeness (QED) is 0.558. The zero-order chi connectivity index (χ0) is 7.40. The predicted octanol–water partition coefficient (Wildman–Crippen LogP) is 3.67. The van der Waals surface area contributed by atoms with Crippen LogP contribution in [0.4, 0.5) is 0 Å². The first kappa shape index (κ1) is 8.77. The number of benzene rings is 1. The number of halogens is 2. The fourth-order valence-electron chi connectivity index (χ4n) is 0.780. The van der Waals surface area contributed by atoms with E-state index >= 15 is 0 Å². The fourth-order valence-corrected chi connectivity index (χ4v) is 4.74. The van der Waals surface area contributed by atoms with Crippen LogP contribution >= 0.6 is 34.5 Å². The Hall–Kier alpha value is 0.680. The van der Waals surface area contributed by atoms with E-state index in [0.717, 1.165) is 0 Å². The Kier molecular flexibility index (Phi) is 3.98. The molecule has 0 atom stereocenters. The summed E-state index contributed by atoms with van der Waals surface area (Å²) in [5, 5.41) is 0. The van der Waals surface area contributed by atoms with E-state index in [-0.39, 0.29) is 0 Å². The molecule has 2 heteroatoms. The molecule has 0 aliphatic heterocycles. The minimum absolute atomic E-state index is 0.576. The Labute approximate surface area is 79.0 Å². The zero-order valence-corrected chi connectivity index (χ0v) is 10.2. The maximum atomic E-state index is 2.60. The van der Waals surface area contributed by atoms with Crippen molar-refractivity contribution in [3.63, 3.8) is 0 Å². The average molecular weight is 360 g/mol. The molecule has 0 radical (unpaired) electrons. The topological polar surface area (TPSA) is 0 Å². The van der Waals surface area contributed by atoms with Crippen molar-refractivity contribution in [1.29, 1.82) is 0 Å². The Bertz CT molecular complexity index is 182. The molecule has 1 aromatic rings. The van der Waals surface area contributed by atoms with Crippen molar-refractivity contribution in [3.05, 3.63) is 35.9 Å². The van der Waals surface area contributed by atoms with Crippen LogP contribution in [0, 0.1) is 0 Å². The van der Waals surface area contributed by atoms with Crippen molar-refractivity contribution in [3.8, 4) is 0 Å². The van der Waals surface area contributed by atoms with Crippen LogP contribution in [0.2, 0.25) is 0 Å². The molecule has 0 N–H and O–H groups in total. The standard InChI is InChI=1S/C8H10I2/c1-10(9)7-8-5-3-2-4-6-8/h2-6H,7H2,1H3. The van der Waals surface area contributed by atoms with Crippen LogP contribution in [0.15, 0.2) is 30.3 Å². The molecule has 0 heterocycles. The van der Waals surface area contributed by atoms with Gasteiger partial charge in [-0.15, -0.1) is 0 Å². The Morgan fingerprint density at radius 3 is 2.40 bits per heavy atom. The molecule has 0 unspecified atom stereocenters. The first-order valence-electron chi connectivity index (χ1n) is 3.05.